The van der Waals surface area contributed by atoms with Crippen LogP contribution >= 0.6 is 23.2 Å². The molecule has 7 rings (SSSR count). The lowest BCUT2D eigenvalue weighted by molar-refractivity contribution is -0.130. The van der Waals surface area contributed by atoms with Gasteiger partial charge >= 0.3 is 11.7 Å². The predicted molar refractivity (Wildman–Crippen MR) is 177 cm³/mol. The fraction of sp³-hybridized carbons (Fsp3) is 0.265. The molecule has 0 saturated carbocycles. The van der Waals surface area contributed by atoms with E-state index in [0.717, 1.165) is 4.57 Å². The molecule has 0 amide bonds. The normalized spacial score (nSPS) is 20.8. The molecule has 2 aromatic carbocycles. The van der Waals surface area contributed by atoms with Crippen molar-refractivity contribution in [1.29, 1.82) is 0 Å². The van der Waals surface area contributed by atoms with Gasteiger partial charge in [0.05, 0.1) is 36.3 Å². The van der Waals surface area contributed by atoms with E-state index in [2.05, 4.69) is 5.32 Å². The maximum absolute atomic E-state index is 15.1. The molecule has 0 radical (unpaired) electrons. The molecule has 0 fully saturated rings. The summed E-state index contributed by atoms with van der Waals surface area (Å²) in [5.41, 5.74) is -2.86. The van der Waals surface area contributed by atoms with Crippen molar-refractivity contribution in [2.75, 3.05) is 19.5 Å². The number of nitrogens with one attached hydrogen (secondary N) is 1. The molecule has 3 aliphatic rings. The van der Waals surface area contributed by atoms with Gasteiger partial charge in [0.2, 0.25) is 17.2 Å². The van der Waals surface area contributed by atoms with Crippen molar-refractivity contribution >= 4 is 46.6 Å². The summed E-state index contributed by atoms with van der Waals surface area (Å²) in [5.74, 6) is -4.02. The van der Waals surface area contributed by atoms with E-state index in [1.807, 2.05) is 0 Å². The van der Waals surface area contributed by atoms with Gasteiger partial charge in [-0.2, -0.15) is 0 Å². The number of fused-ring (bicyclic) bond motifs is 2. The predicted octanol–water partition coefficient (Wildman–Crippen LogP) is 4.80. The standard InChI is InChI=1S/C34H27Cl2N3O10/c1-13-10-17-22(28(40)34(13)29(41)24-20(46-4)12-21(47-5)26(36)27(24)49-34)23(25-30(37-17)38(2)33(45)39(3)31(25)42)19-9-8-18(48-19)15-11-14(32(43)44)6-7-16(15)35/h6-9,11-13,23,37H,10H2,1-5H3,(H,43,44)/t13-,23-,34+/m1/s1. The first-order valence-corrected chi connectivity index (χ1v) is 15.7. The molecule has 3 atom stereocenters. The number of benzene rings is 2. The van der Waals surface area contributed by atoms with Crippen LogP contribution in [-0.2, 0) is 18.9 Å². The molecule has 15 heteroatoms. The molecule has 2 N–H and O–H groups in total. The van der Waals surface area contributed by atoms with Crippen LogP contribution in [0.1, 0.15) is 51.3 Å². The molecular weight excluding hydrogens is 681 g/mol. The number of aromatic nitrogens is 2. The molecule has 0 bridgehead atoms. The second-order valence-corrected chi connectivity index (χ2v) is 12.8. The zero-order valence-corrected chi connectivity index (χ0v) is 28.1. The van der Waals surface area contributed by atoms with Crippen LogP contribution in [0.4, 0.5) is 5.82 Å². The van der Waals surface area contributed by atoms with Crippen LogP contribution in [0, 0.1) is 5.92 Å². The molecule has 2 aliphatic heterocycles. The fourth-order valence-electron chi connectivity index (χ4n) is 6.97. The summed E-state index contributed by atoms with van der Waals surface area (Å²) in [6.45, 7) is 1.68. The number of carboxylic acid groups (broad SMARTS) is 1. The van der Waals surface area contributed by atoms with Crippen molar-refractivity contribution in [2.45, 2.75) is 24.9 Å². The first-order valence-electron chi connectivity index (χ1n) is 14.9. The molecule has 1 spiro atoms. The Morgan fingerprint density at radius 2 is 1.71 bits per heavy atom. The average Bonchev–Trinajstić information content (AvgIpc) is 3.69. The highest BCUT2D eigenvalue weighted by Gasteiger charge is 2.64. The van der Waals surface area contributed by atoms with Gasteiger partial charge in [0.1, 0.15) is 39.4 Å². The van der Waals surface area contributed by atoms with Crippen molar-refractivity contribution < 1.29 is 38.1 Å². The van der Waals surface area contributed by atoms with Gasteiger partial charge < -0.3 is 29.1 Å². The van der Waals surface area contributed by atoms with Gasteiger partial charge in [-0.1, -0.05) is 30.1 Å². The van der Waals surface area contributed by atoms with Crippen LogP contribution in [0.15, 0.2) is 61.7 Å². The smallest absolute Gasteiger partial charge is 0.335 e. The Labute approximate surface area is 287 Å². The van der Waals surface area contributed by atoms with Gasteiger partial charge in [0.25, 0.3) is 5.56 Å². The van der Waals surface area contributed by atoms with Gasteiger partial charge in [-0.15, -0.1) is 0 Å². The van der Waals surface area contributed by atoms with Gasteiger partial charge in [0, 0.05) is 42.9 Å². The number of methoxy groups -OCH3 is 2. The lowest BCUT2D eigenvalue weighted by Crippen LogP contribution is -2.58. The molecular formula is C34H27Cl2N3O10. The van der Waals surface area contributed by atoms with Crippen LogP contribution in [0.25, 0.3) is 11.3 Å². The number of aromatic carboxylic acids is 1. The van der Waals surface area contributed by atoms with E-state index in [-0.39, 0.29) is 78.9 Å². The van der Waals surface area contributed by atoms with Crippen molar-refractivity contribution in [2.24, 2.45) is 20.0 Å². The van der Waals surface area contributed by atoms with Gasteiger partial charge in [0.15, 0.2) is 5.75 Å². The van der Waals surface area contributed by atoms with Gasteiger partial charge in [-0.05, 0) is 36.8 Å². The van der Waals surface area contributed by atoms with Crippen LogP contribution in [-0.4, -0.2) is 51.6 Å². The van der Waals surface area contributed by atoms with Crippen LogP contribution in [0.2, 0.25) is 10.0 Å². The zero-order valence-electron chi connectivity index (χ0n) is 26.6. The number of nitrogens with zero attached hydrogens (tertiary/aromatic N) is 2. The summed E-state index contributed by atoms with van der Waals surface area (Å²) in [4.78, 5) is 68.2. The number of furan rings is 1. The summed E-state index contributed by atoms with van der Waals surface area (Å²) >= 11 is 13.1. The number of halogens is 2. The molecule has 2 aromatic heterocycles. The first-order chi connectivity index (χ1) is 23.3. The highest BCUT2D eigenvalue weighted by molar-refractivity contribution is 6.36. The lowest BCUT2D eigenvalue weighted by Gasteiger charge is -2.42. The molecule has 13 nitrogen and oxygen atoms in total. The summed E-state index contributed by atoms with van der Waals surface area (Å²) in [5, 5.41) is 12.9. The van der Waals surface area contributed by atoms with E-state index in [0.29, 0.717) is 5.70 Å². The minimum absolute atomic E-state index is 0.00734. The average molecular weight is 709 g/mol. The Hall–Kier alpha value is -5.27. The van der Waals surface area contributed by atoms with Crippen LogP contribution in [0.3, 0.4) is 0 Å². The molecule has 0 saturated heterocycles. The summed E-state index contributed by atoms with van der Waals surface area (Å²) < 4.78 is 25.6. The maximum atomic E-state index is 15.1. The lowest BCUT2D eigenvalue weighted by atomic mass is 9.66. The van der Waals surface area contributed by atoms with E-state index >= 15 is 4.79 Å². The summed E-state index contributed by atoms with van der Waals surface area (Å²) in [7, 11) is 5.54. The first kappa shape index (κ1) is 32.3. The SMILES string of the molecule is COc1cc(OC)c2c(c1Cl)O[C@@]1(C(=O)C3=C(C[C@H]1C)Nc1c(c(=O)n(C)c(=O)n1C)[C@@H]3c1ccc(-c3cc(C(=O)O)ccc3Cl)o1)C2=O. The van der Waals surface area contributed by atoms with Crippen LogP contribution in [0.5, 0.6) is 17.2 Å². The molecule has 252 valence electrons. The fourth-order valence-corrected chi connectivity index (χ4v) is 7.45. The van der Waals surface area contributed by atoms with Crippen LogP contribution < -0.4 is 30.8 Å². The van der Waals surface area contributed by atoms with Crippen molar-refractivity contribution in [3.63, 3.8) is 0 Å². The number of Topliss-reactive ketones (excluding diaryl/α,β-unsaturated/α-hetero) is 2. The Kier molecular flexibility index (Phi) is 7.34. The topological polar surface area (TPSA) is 168 Å². The van der Waals surface area contributed by atoms with Crippen molar-refractivity contribution in [3.8, 4) is 28.6 Å². The van der Waals surface area contributed by atoms with Gasteiger partial charge in [-0.25, -0.2) is 9.59 Å². The number of rotatable bonds is 5. The molecule has 4 aromatic rings. The number of ketones is 2. The highest BCUT2D eigenvalue weighted by atomic mass is 35.5. The third-order valence-electron chi connectivity index (χ3n) is 9.47. The van der Waals surface area contributed by atoms with E-state index in [1.54, 1.807) is 6.92 Å². The number of anilines is 1. The number of hydrogen-bond acceptors (Lipinski definition) is 10. The Bertz CT molecular complexity index is 2330. The second kappa shape index (κ2) is 11.1. The highest BCUT2D eigenvalue weighted by Crippen LogP contribution is 2.56. The molecule has 0 unspecified atom stereocenters. The zero-order chi connectivity index (χ0) is 35.3. The minimum atomic E-state index is -2.11. The Balaban J connectivity index is 1.46. The largest absolute Gasteiger partial charge is 0.496 e. The Morgan fingerprint density at radius 3 is 2.39 bits per heavy atom. The third kappa shape index (κ3) is 4.34. The van der Waals surface area contributed by atoms with Crippen molar-refractivity contribution in [1.82, 2.24) is 9.13 Å². The number of carbonyl (C=O) groups excluding carboxylic acids is 2. The van der Waals surface area contributed by atoms with E-state index in [1.165, 1.54) is 69.3 Å². The molecule has 49 heavy (non-hydrogen) atoms. The number of allylic oxidation sites excluding steroid dienone is 1. The molecule has 1 aliphatic carbocycles. The number of hydrogen-bond donors (Lipinski definition) is 2. The molecule has 4 heterocycles. The third-order valence-corrected chi connectivity index (χ3v) is 10.2. The Morgan fingerprint density at radius 1 is 1.00 bits per heavy atom. The van der Waals surface area contributed by atoms with Gasteiger partial charge in [-0.3, -0.25) is 23.5 Å². The maximum Gasteiger partial charge on any atom is 0.335 e. The quantitative estimate of drug-likeness (QED) is 0.273. The number of carbonyl (C=O) groups is 3. The monoisotopic (exact) mass is 707 g/mol. The number of carboxylic acids is 1. The summed E-state index contributed by atoms with van der Waals surface area (Å²) in [6.07, 6.45) is 0.0806. The van der Waals surface area contributed by atoms with E-state index in [9.17, 15) is 24.3 Å². The minimum Gasteiger partial charge on any atom is -0.496 e. The number of ether oxygens (including phenoxy) is 3. The van der Waals surface area contributed by atoms with E-state index in [4.69, 9.17) is 41.8 Å². The summed E-state index contributed by atoms with van der Waals surface area (Å²) in [6, 6.07) is 8.60. The second-order valence-electron chi connectivity index (χ2n) is 12.0. The van der Waals surface area contributed by atoms with E-state index < -0.39 is 46.2 Å². The van der Waals surface area contributed by atoms with Crippen molar-refractivity contribution in [3.05, 3.63) is 101 Å².